The van der Waals surface area contributed by atoms with Crippen LogP contribution in [0.4, 0.5) is 16.2 Å². The monoisotopic (exact) mass is 452 g/mol. The zero-order valence-electron chi connectivity index (χ0n) is 19.1. The molecule has 0 saturated carbocycles. The van der Waals surface area contributed by atoms with Gasteiger partial charge in [0.2, 0.25) is 5.91 Å². The zero-order valence-corrected chi connectivity index (χ0v) is 19.1. The lowest BCUT2D eigenvalue weighted by atomic mass is 10.0. The Morgan fingerprint density at radius 1 is 0.970 bits per heavy atom. The molecule has 2 aromatic carbocycles. The van der Waals surface area contributed by atoms with Crippen molar-refractivity contribution in [3.63, 3.8) is 0 Å². The van der Waals surface area contributed by atoms with Crippen molar-refractivity contribution in [2.24, 2.45) is 5.92 Å². The highest BCUT2D eigenvalue weighted by atomic mass is 16.5. The largest absolute Gasteiger partial charge is 0.376 e. The predicted octanol–water partition coefficient (Wildman–Crippen LogP) is 3.83. The van der Waals surface area contributed by atoms with Crippen LogP contribution in [0.3, 0.4) is 0 Å². The molecule has 4 N–H and O–H groups in total. The first kappa shape index (κ1) is 24.3. The van der Waals surface area contributed by atoms with Crippen molar-refractivity contribution in [1.82, 2.24) is 10.6 Å². The second kappa shape index (κ2) is 12.0. The van der Waals surface area contributed by atoms with E-state index in [-0.39, 0.29) is 29.9 Å². The number of rotatable bonds is 9. The molecule has 4 amide bonds. The first-order chi connectivity index (χ1) is 15.9. The number of anilines is 2. The van der Waals surface area contributed by atoms with Gasteiger partial charge < -0.3 is 26.0 Å². The molecule has 8 heteroatoms. The second-order valence-electron chi connectivity index (χ2n) is 8.55. The Hall–Kier alpha value is -3.39. The van der Waals surface area contributed by atoms with Gasteiger partial charge in [-0.15, -0.1) is 0 Å². The van der Waals surface area contributed by atoms with E-state index in [1.54, 1.807) is 24.3 Å². The van der Waals surface area contributed by atoms with Crippen LogP contribution >= 0.6 is 0 Å². The lowest BCUT2D eigenvalue weighted by Crippen LogP contribution is -2.37. The fourth-order valence-corrected chi connectivity index (χ4v) is 3.57. The Balaban J connectivity index is 1.57. The van der Waals surface area contributed by atoms with E-state index < -0.39 is 6.04 Å². The molecule has 0 aromatic heterocycles. The number of amides is 4. The van der Waals surface area contributed by atoms with Gasteiger partial charge in [0.05, 0.1) is 6.10 Å². The third kappa shape index (κ3) is 7.91. The second-order valence-corrected chi connectivity index (χ2v) is 8.55. The summed E-state index contributed by atoms with van der Waals surface area (Å²) in [6.45, 7) is 5.13. The van der Waals surface area contributed by atoms with Crippen molar-refractivity contribution in [2.75, 3.05) is 23.8 Å². The molecule has 3 rings (SSSR count). The maximum atomic E-state index is 13.0. The van der Waals surface area contributed by atoms with Crippen LogP contribution in [-0.2, 0) is 14.3 Å². The van der Waals surface area contributed by atoms with Crippen LogP contribution in [0, 0.1) is 5.92 Å². The normalized spacial score (nSPS) is 16.2. The molecule has 176 valence electrons. The Bertz CT molecular complexity index is 925. The summed E-state index contributed by atoms with van der Waals surface area (Å²) in [6, 6.07) is 14.8. The quantitative estimate of drug-likeness (QED) is 0.464. The van der Waals surface area contributed by atoms with Gasteiger partial charge in [0, 0.05) is 30.9 Å². The van der Waals surface area contributed by atoms with E-state index in [1.807, 2.05) is 44.2 Å². The van der Waals surface area contributed by atoms with Crippen molar-refractivity contribution < 1.29 is 19.1 Å². The van der Waals surface area contributed by atoms with Gasteiger partial charge in [-0.3, -0.25) is 9.59 Å². The Labute approximate surface area is 194 Å². The summed E-state index contributed by atoms with van der Waals surface area (Å²) in [5.41, 5.74) is 1.86. The van der Waals surface area contributed by atoms with Gasteiger partial charge in [0.25, 0.3) is 5.91 Å². The van der Waals surface area contributed by atoms with Crippen LogP contribution in [-0.4, -0.2) is 37.1 Å². The Kier molecular flexibility index (Phi) is 8.83. The van der Waals surface area contributed by atoms with Gasteiger partial charge in [0.15, 0.2) is 0 Å². The first-order valence-corrected chi connectivity index (χ1v) is 11.3. The van der Waals surface area contributed by atoms with Gasteiger partial charge in [-0.05, 0) is 48.6 Å². The molecule has 0 bridgehead atoms. The van der Waals surface area contributed by atoms with Gasteiger partial charge in [-0.1, -0.05) is 44.2 Å². The van der Waals surface area contributed by atoms with E-state index in [0.29, 0.717) is 29.9 Å². The predicted molar refractivity (Wildman–Crippen MR) is 128 cm³/mol. The number of urea groups is 1. The molecule has 2 atom stereocenters. The number of hydrogen-bond donors (Lipinski definition) is 4. The minimum absolute atomic E-state index is 0.0759. The fourth-order valence-electron chi connectivity index (χ4n) is 3.57. The van der Waals surface area contributed by atoms with Gasteiger partial charge in [0.1, 0.15) is 6.04 Å². The summed E-state index contributed by atoms with van der Waals surface area (Å²) in [6.07, 6.45) is 2.39. The highest BCUT2D eigenvalue weighted by molar-refractivity contribution is 5.98. The zero-order chi connectivity index (χ0) is 23.6. The van der Waals surface area contributed by atoms with Crippen LogP contribution in [0.1, 0.15) is 44.7 Å². The summed E-state index contributed by atoms with van der Waals surface area (Å²) in [4.78, 5) is 37.4. The van der Waals surface area contributed by atoms with Crippen molar-refractivity contribution in [3.05, 3.63) is 60.2 Å². The molecule has 1 saturated heterocycles. The lowest BCUT2D eigenvalue weighted by Gasteiger charge is -2.20. The minimum Gasteiger partial charge on any atom is -0.376 e. The number of ether oxygens (including phenoxy) is 1. The van der Waals surface area contributed by atoms with E-state index in [4.69, 9.17) is 4.74 Å². The number of benzene rings is 2. The fraction of sp³-hybridized carbons (Fsp3) is 0.400. The summed E-state index contributed by atoms with van der Waals surface area (Å²) >= 11 is 0. The van der Waals surface area contributed by atoms with Crippen molar-refractivity contribution >= 4 is 29.2 Å². The number of carbonyl (C=O) groups excluding carboxylic acids is 3. The van der Waals surface area contributed by atoms with Crippen LogP contribution < -0.4 is 21.3 Å². The van der Waals surface area contributed by atoms with Crippen molar-refractivity contribution in [3.8, 4) is 0 Å². The molecule has 8 nitrogen and oxygen atoms in total. The molecule has 1 fully saturated rings. The molecule has 0 radical (unpaired) electrons. The molecule has 1 aliphatic heterocycles. The smallest absolute Gasteiger partial charge is 0.319 e. The SMILES string of the molecule is CC(C)CC(=O)NC(C(=O)Nc1ccc(NC(=O)NCC2CCCO2)cc1)c1ccccc1. The van der Waals surface area contributed by atoms with E-state index in [0.717, 1.165) is 19.4 Å². The molecule has 1 aliphatic rings. The highest BCUT2D eigenvalue weighted by Crippen LogP contribution is 2.19. The summed E-state index contributed by atoms with van der Waals surface area (Å²) in [5.74, 6) is -0.330. The minimum atomic E-state index is -0.807. The number of nitrogens with one attached hydrogen (secondary N) is 4. The average molecular weight is 453 g/mol. The maximum Gasteiger partial charge on any atom is 0.319 e. The number of hydrogen-bond acceptors (Lipinski definition) is 4. The van der Waals surface area contributed by atoms with Crippen LogP contribution in [0.15, 0.2) is 54.6 Å². The standard InChI is InChI=1S/C25H32N4O4/c1-17(2)15-22(30)29-23(18-7-4-3-5-8-18)24(31)27-19-10-12-20(13-11-19)28-25(32)26-16-21-9-6-14-33-21/h3-5,7-8,10-13,17,21,23H,6,9,14-16H2,1-2H3,(H,27,31)(H,29,30)(H2,26,28,32). The molecular weight excluding hydrogens is 420 g/mol. The van der Waals surface area contributed by atoms with Crippen LogP contribution in [0.25, 0.3) is 0 Å². The summed E-state index contributed by atoms with van der Waals surface area (Å²) in [7, 11) is 0. The maximum absolute atomic E-state index is 13.0. The average Bonchev–Trinajstić information content (AvgIpc) is 3.31. The number of carbonyl (C=O) groups is 3. The molecule has 0 spiro atoms. The highest BCUT2D eigenvalue weighted by Gasteiger charge is 2.23. The van der Waals surface area contributed by atoms with Gasteiger partial charge in [-0.25, -0.2) is 4.79 Å². The summed E-state index contributed by atoms with van der Waals surface area (Å²) in [5, 5.41) is 11.2. The van der Waals surface area contributed by atoms with Crippen LogP contribution in [0.2, 0.25) is 0 Å². The van der Waals surface area contributed by atoms with E-state index in [9.17, 15) is 14.4 Å². The van der Waals surface area contributed by atoms with E-state index in [2.05, 4.69) is 21.3 Å². The molecule has 0 aliphatic carbocycles. The topological polar surface area (TPSA) is 109 Å². The molecule has 2 aromatic rings. The third-order valence-electron chi connectivity index (χ3n) is 5.22. The van der Waals surface area contributed by atoms with E-state index in [1.165, 1.54) is 0 Å². The summed E-state index contributed by atoms with van der Waals surface area (Å²) < 4.78 is 5.49. The molecule has 1 heterocycles. The Morgan fingerprint density at radius 2 is 1.64 bits per heavy atom. The third-order valence-corrected chi connectivity index (χ3v) is 5.22. The van der Waals surface area contributed by atoms with E-state index >= 15 is 0 Å². The van der Waals surface area contributed by atoms with Gasteiger partial charge in [-0.2, -0.15) is 0 Å². The van der Waals surface area contributed by atoms with Crippen molar-refractivity contribution in [2.45, 2.75) is 45.3 Å². The molecular formula is C25H32N4O4. The molecule has 33 heavy (non-hydrogen) atoms. The Morgan fingerprint density at radius 3 is 2.24 bits per heavy atom. The molecule has 2 unspecified atom stereocenters. The van der Waals surface area contributed by atoms with Gasteiger partial charge >= 0.3 is 6.03 Å². The lowest BCUT2D eigenvalue weighted by molar-refractivity contribution is -0.127. The van der Waals surface area contributed by atoms with Crippen molar-refractivity contribution in [1.29, 1.82) is 0 Å². The van der Waals surface area contributed by atoms with Crippen LogP contribution in [0.5, 0.6) is 0 Å². The first-order valence-electron chi connectivity index (χ1n) is 11.3.